The van der Waals surface area contributed by atoms with Gasteiger partial charge in [0.1, 0.15) is 6.04 Å². The minimum absolute atomic E-state index is 0.0430. The van der Waals surface area contributed by atoms with Gasteiger partial charge >= 0.3 is 0 Å². The molecule has 0 saturated heterocycles. The summed E-state index contributed by atoms with van der Waals surface area (Å²) in [6, 6.07) is 7.86. The molecule has 94 valence electrons. The van der Waals surface area contributed by atoms with Gasteiger partial charge in [0.15, 0.2) is 0 Å². The van der Waals surface area contributed by atoms with Gasteiger partial charge in [0, 0.05) is 17.1 Å². The second-order valence-corrected chi connectivity index (χ2v) is 4.77. The summed E-state index contributed by atoms with van der Waals surface area (Å²) in [6.45, 7) is 4.65. The van der Waals surface area contributed by atoms with Crippen LogP contribution < -0.4 is 10.6 Å². The third-order valence-corrected chi connectivity index (χ3v) is 3.12. The van der Waals surface area contributed by atoms with Gasteiger partial charge in [-0.25, -0.2) is 0 Å². The van der Waals surface area contributed by atoms with Crippen molar-refractivity contribution in [2.45, 2.75) is 31.2 Å². The fourth-order valence-corrected chi connectivity index (χ4v) is 1.89. The topological polar surface area (TPSA) is 41.1 Å². The lowest BCUT2D eigenvalue weighted by atomic mass is 10.2. The van der Waals surface area contributed by atoms with E-state index < -0.39 is 0 Å². The van der Waals surface area contributed by atoms with Crippen molar-refractivity contribution < 1.29 is 4.79 Å². The van der Waals surface area contributed by atoms with Crippen LogP contribution >= 0.6 is 11.8 Å². The zero-order chi connectivity index (χ0) is 12.7. The van der Waals surface area contributed by atoms with Crippen LogP contribution in [-0.4, -0.2) is 24.7 Å². The van der Waals surface area contributed by atoms with E-state index in [2.05, 4.69) is 16.7 Å². The van der Waals surface area contributed by atoms with Crippen LogP contribution in [0.25, 0.3) is 0 Å². The van der Waals surface area contributed by atoms with E-state index in [-0.39, 0.29) is 11.9 Å². The third kappa shape index (κ3) is 4.69. The van der Waals surface area contributed by atoms with Crippen molar-refractivity contribution in [3.8, 4) is 0 Å². The van der Waals surface area contributed by atoms with Crippen LogP contribution in [0.3, 0.4) is 0 Å². The number of benzene rings is 1. The first-order chi connectivity index (χ1) is 8.17. The van der Waals surface area contributed by atoms with E-state index >= 15 is 0 Å². The summed E-state index contributed by atoms with van der Waals surface area (Å²) >= 11 is 1.69. The highest BCUT2D eigenvalue weighted by Gasteiger charge is 2.11. The van der Waals surface area contributed by atoms with E-state index in [9.17, 15) is 4.79 Å². The van der Waals surface area contributed by atoms with E-state index in [4.69, 9.17) is 0 Å². The van der Waals surface area contributed by atoms with Gasteiger partial charge in [0.05, 0.1) is 0 Å². The number of hydrogen-bond donors (Lipinski definition) is 2. The Kier molecular flexibility index (Phi) is 5.91. The van der Waals surface area contributed by atoms with Gasteiger partial charge in [-0.15, -0.1) is 11.8 Å². The third-order valence-electron chi connectivity index (χ3n) is 2.40. The van der Waals surface area contributed by atoms with Crippen LogP contribution in [0.1, 0.15) is 20.3 Å². The molecule has 0 aromatic heterocycles. The number of hydrogen-bond acceptors (Lipinski definition) is 3. The highest BCUT2D eigenvalue weighted by molar-refractivity contribution is 7.98. The zero-order valence-corrected chi connectivity index (χ0v) is 11.4. The predicted octanol–water partition coefficient (Wildman–Crippen LogP) is 2.74. The first-order valence-electron chi connectivity index (χ1n) is 5.85. The predicted molar refractivity (Wildman–Crippen MR) is 74.6 cm³/mol. The van der Waals surface area contributed by atoms with Gasteiger partial charge in [-0.2, -0.15) is 0 Å². The second-order valence-electron chi connectivity index (χ2n) is 3.89. The molecule has 0 bridgehead atoms. The Morgan fingerprint density at radius 2 is 2.24 bits per heavy atom. The maximum atomic E-state index is 11.7. The van der Waals surface area contributed by atoms with Gasteiger partial charge in [0.2, 0.25) is 5.91 Å². The fourth-order valence-electron chi connectivity index (χ4n) is 1.43. The molecule has 17 heavy (non-hydrogen) atoms. The first kappa shape index (κ1) is 13.9. The van der Waals surface area contributed by atoms with E-state index in [0.29, 0.717) is 0 Å². The molecule has 1 aromatic carbocycles. The quantitative estimate of drug-likeness (QED) is 0.765. The van der Waals surface area contributed by atoms with Gasteiger partial charge in [-0.1, -0.05) is 13.0 Å². The Balaban J connectivity index is 2.54. The molecule has 0 aliphatic heterocycles. The number of nitrogens with one attached hydrogen (secondary N) is 2. The van der Waals surface area contributed by atoms with Crippen molar-refractivity contribution in [1.29, 1.82) is 0 Å². The maximum absolute atomic E-state index is 11.7. The maximum Gasteiger partial charge on any atom is 0.242 e. The highest BCUT2D eigenvalue weighted by atomic mass is 32.2. The summed E-state index contributed by atoms with van der Waals surface area (Å²) in [5, 5.41) is 6.07. The molecular weight excluding hydrogens is 232 g/mol. The average Bonchev–Trinajstić information content (AvgIpc) is 2.36. The molecule has 2 N–H and O–H groups in total. The van der Waals surface area contributed by atoms with Crippen molar-refractivity contribution in [1.82, 2.24) is 5.32 Å². The summed E-state index contributed by atoms with van der Waals surface area (Å²) in [6.07, 6.45) is 3.00. The van der Waals surface area contributed by atoms with Crippen LogP contribution in [0.5, 0.6) is 0 Å². The van der Waals surface area contributed by atoms with E-state index in [1.807, 2.05) is 38.3 Å². The van der Waals surface area contributed by atoms with Gasteiger partial charge in [0.25, 0.3) is 0 Å². The Labute approximate surface area is 107 Å². The molecule has 0 spiro atoms. The molecular formula is C13H20N2OS. The Morgan fingerprint density at radius 3 is 2.88 bits per heavy atom. The average molecular weight is 252 g/mol. The summed E-state index contributed by atoms with van der Waals surface area (Å²) in [5.74, 6) is 0.0430. The molecule has 0 aliphatic carbocycles. The Hall–Kier alpha value is -1.16. The number of carbonyl (C=O) groups excluding carboxylic acids is 1. The molecule has 0 saturated carbocycles. The zero-order valence-electron chi connectivity index (χ0n) is 10.6. The number of carbonyl (C=O) groups is 1. The summed E-state index contributed by atoms with van der Waals surface area (Å²) < 4.78 is 0. The summed E-state index contributed by atoms with van der Waals surface area (Å²) in [5.41, 5.74) is 0.982. The Morgan fingerprint density at radius 1 is 1.47 bits per heavy atom. The van der Waals surface area contributed by atoms with E-state index in [1.54, 1.807) is 11.8 Å². The van der Waals surface area contributed by atoms with Crippen molar-refractivity contribution in [2.24, 2.45) is 0 Å². The van der Waals surface area contributed by atoms with Crippen molar-refractivity contribution in [2.75, 3.05) is 18.1 Å². The minimum Gasteiger partial charge on any atom is -0.374 e. The van der Waals surface area contributed by atoms with Gasteiger partial charge < -0.3 is 10.6 Å². The van der Waals surface area contributed by atoms with Crippen LogP contribution in [0.2, 0.25) is 0 Å². The van der Waals surface area contributed by atoms with Crippen molar-refractivity contribution in [3.05, 3.63) is 24.3 Å². The summed E-state index contributed by atoms with van der Waals surface area (Å²) in [4.78, 5) is 12.9. The fraction of sp³-hybridized carbons (Fsp3) is 0.462. The number of rotatable bonds is 6. The lowest BCUT2D eigenvalue weighted by molar-refractivity contribution is -0.121. The molecule has 1 amide bonds. The number of amides is 1. The summed E-state index contributed by atoms with van der Waals surface area (Å²) in [7, 11) is 0. The lowest BCUT2D eigenvalue weighted by Crippen LogP contribution is -2.37. The number of thioether (sulfide) groups is 1. The van der Waals surface area contributed by atoms with Crippen LogP contribution in [0, 0.1) is 0 Å². The van der Waals surface area contributed by atoms with E-state index in [1.165, 1.54) is 4.90 Å². The number of anilines is 1. The largest absolute Gasteiger partial charge is 0.374 e. The van der Waals surface area contributed by atoms with Crippen LogP contribution in [0.4, 0.5) is 5.69 Å². The smallest absolute Gasteiger partial charge is 0.242 e. The van der Waals surface area contributed by atoms with Gasteiger partial charge in [-0.05, 0) is 37.8 Å². The van der Waals surface area contributed by atoms with Crippen LogP contribution in [-0.2, 0) is 4.79 Å². The second kappa shape index (κ2) is 7.22. The normalized spacial score (nSPS) is 11.9. The molecule has 0 aliphatic rings. The SMILES string of the molecule is CCCNC(=O)C(C)Nc1cccc(SC)c1. The lowest BCUT2D eigenvalue weighted by Gasteiger charge is -2.15. The molecule has 3 nitrogen and oxygen atoms in total. The van der Waals surface area contributed by atoms with E-state index in [0.717, 1.165) is 18.7 Å². The van der Waals surface area contributed by atoms with Crippen molar-refractivity contribution in [3.63, 3.8) is 0 Å². The van der Waals surface area contributed by atoms with Crippen LogP contribution in [0.15, 0.2) is 29.2 Å². The van der Waals surface area contributed by atoms with Gasteiger partial charge in [-0.3, -0.25) is 4.79 Å². The monoisotopic (exact) mass is 252 g/mol. The molecule has 0 heterocycles. The minimum atomic E-state index is -0.210. The molecule has 4 heteroatoms. The molecule has 1 rings (SSSR count). The molecule has 1 atom stereocenters. The molecule has 1 unspecified atom stereocenters. The standard InChI is InChI=1S/C13H20N2OS/c1-4-8-14-13(16)10(2)15-11-6-5-7-12(9-11)17-3/h5-7,9-10,15H,4,8H2,1-3H3,(H,14,16). The Bertz CT molecular complexity index is 368. The first-order valence-corrected chi connectivity index (χ1v) is 7.08. The van der Waals surface area contributed by atoms with Crippen molar-refractivity contribution >= 4 is 23.4 Å². The molecule has 1 aromatic rings. The molecule has 0 fully saturated rings. The molecule has 0 radical (unpaired) electrons. The highest BCUT2D eigenvalue weighted by Crippen LogP contribution is 2.19.